The van der Waals surface area contributed by atoms with Crippen LogP contribution in [0.1, 0.15) is 25.7 Å². The molecule has 1 fully saturated rings. The summed E-state index contributed by atoms with van der Waals surface area (Å²) < 4.78 is 5.30. The number of carbonyl (C=O) groups excluding carboxylic acids is 1. The number of rotatable bonds is 3. The summed E-state index contributed by atoms with van der Waals surface area (Å²) in [5.41, 5.74) is 4.75. The number of nitrogens with two attached hydrogens (primary N) is 1. The molecule has 1 aliphatic rings. The molecule has 0 aromatic carbocycles. The molecular formula is C9H18N2O2. The number of ether oxygens (including phenoxy) is 1. The van der Waals surface area contributed by atoms with E-state index in [0.717, 1.165) is 25.7 Å². The highest BCUT2D eigenvalue weighted by atomic mass is 16.5. The van der Waals surface area contributed by atoms with E-state index in [1.54, 1.807) is 14.2 Å². The Labute approximate surface area is 78.8 Å². The first-order chi connectivity index (χ1) is 6.17. The van der Waals surface area contributed by atoms with Crippen LogP contribution in [-0.4, -0.2) is 31.7 Å². The number of hydrogen-bond donors (Lipinski definition) is 2. The van der Waals surface area contributed by atoms with Crippen molar-refractivity contribution in [1.82, 2.24) is 5.32 Å². The minimum atomic E-state index is -0.646. The van der Waals surface area contributed by atoms with E-state index in [9.17, 15) is 4.79 Å². The number of carbonyl (C=O) groups is 1. The fraction of sp³-hybridized carbons (Fsp3) is 0.889. The summed E-state index contributed by atoms with van der Waals surface area (Å²) in [5.74, 6) is -0.304. The molecule has 1 saturated carbocycles. The average molecular weight is 186 g/mol. The summed E-state index contributed by atoms with van der Waals surface area (Å²) in [5, 5.41) is 3.02. The third-order valence-corrected chi connectivity index (χ3v) is 3.01. The Kier molecular flexibility index (Phi) is 3.27. The maximum absolute atomic E-state index is 11.4. The lowest BCUT2D eigenvalue weighted by molar-refractivity contribution is -0.132. The molecule has 1 rings (SSSR count). The smallest absolute Gasteiger partial charge is 0.240 e. The Bertz CT molecular complexity index is 196. The molecular weight excluding hydrogens is 168 g/mol. The molecule has 2 atom stereocenters. The van der Waals surface area contributed by atoms with Crippen molar-refractivity contribution >= 4 is 5.91 Å². The van der Waals surface area contributed by atoms with Crippen molar-refractivity contribution in [2.75, 3.05) is 14.2 Å². The lowest BCUT2D eigenvalue weighted by Gasteiger charge is -2.40. The maximum Gasteiger partial charge on any atom is 0.240 e. The van der Waals surface area contributed by atoms with Gasteiger partial charge in [-0.2, -0.15) is 0 Å². The van der Waals surface area contributed by atoms with Crippen molar-refractivity contribution in [2.24, 2.45) is 5.73 Å². The van der Waals surface area contributed by atoms with Crippen LogP contribution in [0, 0.1) is 0 Å². The molecule has 0 radical (unpaired) electrons. The second kappa shape index (κ2) is 4.07. The van der Waals surface area contributed by atoms with Crippen LogP contribution in [0.15, 0.2) is 0 Å². The van der Waals surface area contributed by atoms with Crippen molar-refractivity contribution < 1.29 is 9.53 Å². The summed E-state index contributed by atoms with van der Waals surface area (Å²) in [6.07, 6.45) is 3.74. The quantitative estimate of drug-likeness (QED) is 0.653. The first-order valence-corrected chi connectivity index (χ1v) is 4.69. The fourth-order valence-electron chi connectivity index (χ4n) is 2.15. The van der Waals surface area contributed by atoms with E-state index in [-0.39, 0.29) is 12.0 Å². The molecule has 0 heterocycles. The molecule has 0 spiro atoms. The molecule has 1 aliphatic carbocycles. The summed E-state index contributed by atoms with van der Waals surface area (Å²) in [6, 6.07) is 0. The van der Waals surface area contributed by atoms with E-state index >= 15 is 0 Å². The van der Waals surface area contributed by atoms with Crippen LogP contribution in [0.2, 0.25) is 0 Å². The average Bonchev–Trinajstić information content (AvgIpc) is 2.17. The molecule has 76 valence electrons. The zero-order valence-electron chi connectivity index (χ0n) is 8.30. The van der Waals surface area contributed by atoms with E-state index in [1.807, 2.05) is 0 Å². The Balaban J connectivity index is 2.84. The van der Waals surface area contributed by atoms with Gasteiger partial charge in [0.15, 0.2) is 0 Å². The number of likely N-dealkylation sites (N-methyl/N-ethyl adjacent to an activating group) is 1. The maximum atomic E-state index is 11.4. The van der Waals surface area contributed by atoms with Crippen molar-refractivity contribution in [3.8, 4) is 0 Å². The standard InChI is InChI=1S/C9H18N2O2/c1-11-9(8(10)12)6-4-3-5-7(9)13-2/h7,11H,3-6H2,1-2H3,(H2,10,12). The molecule has 4 heteroatoms. The lowest BCUT2D eigenvalue weighted by Crippen LogP contribution is -2.63. The molecule has 1 amide bonds. The van der Waals surface area contributed by atoms with Gasteiger partial charge in [-0.05, 0) is 19.9 Å². The van der Waals surface area contributed by atoms with Gasteiger partial charge in [0.2, 0.25) is 5.91 Å². The van der Waals surface area contributed by atoms with E-state index in [4.69, 9.17) is 10.5 Å². The molecule has 4 nitrogen and oxygen atoms in total. The summed E-state index contributed by atoms with van der Waals surface area (Å²) in [7, 11) is 3.40. The first kappa shape index (κ1) is 10.5. The Morgan fingerprint density at radius 1 is 1.62 bits per heavy atom. The van der Waals surface area contributed by atoms with Gasteiger partial charge in [0.25, 0.3) is 0 Å². The number of amides is 1. The highest BCUT2D eigenvalue weighted by Gasteiger charge is 2.44. The molecule has 0 aliphatic heterocycles. The second-order valence-electron chi connectivity index (χ2n) is 3.56. The van der Waals surface area contributed by atoms with Gasteiger partial charge in [-0.25, -0.2) is 0 Å². The fourth-order valence-corrected chi connectivity index (χ4v) is 2.15. The summed E-state index contributed by atoms with van der Waals surface area (Å²) in [4.78, 5) is 11.4. The van der Waals surface area contributed by atoms with E-state index in [1.165, 1.54) is 0 Å². The van der Waals surface area contributed by atoms with Gasteiger partial charge in [-0.1, -0.05) is 12.8 Å². The zero-order valence-corrected chi connectivity index (χ0v) is 8.30. The Morgan fingerprint density at radius 2 is 2.31 bits per heavy atom. The minimum absolute atomic E-state index is 0.0799. The van der Waals surface area contributed by atoms with Crippen LogP contribution in [0.25, 0.3) is 0 Å². The molecule has 3 N–H and O–H groups in total. The predicted molar refractivity (Wildman–Crippen MR) is 50.3 cm³/mol. The highest BCUT2D eigenvalue weighted by Crippen LogP contribution is 2.29. The van der Waals surface area contributed by atoms with Gasteiger partial charge in [-0.3, -0.25) is 4.79 Å². The van der Waals surface area contributed by atoms with E-state index < -0.39 is 5.54 Å². The Hall–Kier alpha value is -0.610. The summed E-state index contributed by atoms with van der Waals surface area (Å²) in [6.45, 7) is 0. The third-order valence-electron chi connectivity index (χ3n) is 3.01. The number of methoxy groups -OCH3 is 1. The van der Waals surface area contributed by atoms with Gasteiger partial charge >= 0.3 is 0 Å². The number of nitrogens with one attached hydrogen (secondary N) is 1. The van der Waals surface area contributed by atoms with E-state index in [2.05, 4.69) is 5.32 Å². The van der Waals surface area contributed by atoms with E-state index in [0.29, 0.717) is 0 Å². The van der Waals surface area contributed by atoms with Crippen LogP contribution in [0.5, 0.6) is 0 Å². The van der Waals surface area contributed by atoms with Crippen LogP contribution in [-0.2, 0) is 9.53 Å². The predicted octanol–water partition coefficient (Wildman–Crippen LogP) is 0.0189. The Morgan fingerprint density at radius 3 is 2.69 bits per heavy atom. The van der Waals surface area contributed by atoms with Gasteiger partial charge in [0, 0.05) is 7.11 Å². The van der Waals surface area contributed by atoms with Gasteiger partial charge in [-0.15, -0.1) is 0 Å². The van der Waals surface area contributed by atoms with Crippen molar-refractivity contribution in [3.05, 3.63) is 0 Å². The van der Waals surface area contributed by atoms with Crippen molar-refractivity contribution in [3.63, 3.8) is 0 Å². The van der Waals surface area contributed by atoms with Gasteiger partial charge < -0.3 is 15.8 Å². The molecule has 13 heavy (non-hydrogen) atoms. The third kappa shape index (κ3) is 1.69. The normalized spacial score (nSPS) is 34.5. The number of primary amides is 1. The topological polar surface area (TPSA) is 64.3 Å². The van der Waals surface area contributed by atoms with Crippen LogP contribution >= 0.6 is 0 Å². The summed E-state index contributed by atoms with van der Waals surface area (Å²) >= 11 is 0. The number of hydrogen-bond acceptors (Lipinski definition) is 3. The van der Waals surface area contributed by atoms with Crippen molar-refractivity contribution in [1.29, 1.82) is 0 Å². The molecule has 0 aromatic rings. The minimum Gasteiger partial charge on any atom is -0.379 e. The monoisotopic (exact) mass is 186 g/mol. The first-order valence-electron chi connectivity index (χ1n) is 4.69. The molecule has 0 aromatic heterocycles. The van der Waals surface area contributed by atoms with Crippen LogP contribution in [0.3, 0.4) is 0 Å². The zero-order chi connectivity index (χ0) is 9.90. The largest absolute Gasteiger partial charge is 0.379 e. The van der Waals surface area contributed by atoms with Crippen LogP contribution < -0.4 is 11.1 Å². The van der Waals surface area contributed by atoms with Crippen LogP contribution in [0.4, 0.5) is 0 Å². The highest BCUT2D eigenvalue weighted by molar-refractivity contribution is 5.85. The second-order valence-corrected chi connectivity index (χ2v) is 3.56. The molecule has 2 unspecified atom stereocenters. The van der Waals surface area contributed by atoms with Crippen molar-refractivity contribution in [2.45, 2.75) is 37.3 Å². The van der Waals surface area contributed by atoms with Gasteiger partial charge in [0.05, 0.1) is 6.10 Å². The molecule has 0 bridgehead atoms. The molecule has 0 saturated heterocycles. The van der Waals surface area contributed by atoms with Gasteiger partial charge in [0.1, 0.15) is 5.54 Å². The lowest BCUT2D eigenvalue weighted by atomic mass is 9.78. The SMILES string of the molecule is CNC1(C(N)=O)CCCCC1OC.